The maximum Gasteiger partial charge on any atom is 0.302 e. The van der Waals surface area contributed by atoms with Crippen LogP contribution < -0.4 is 9.42 Å². The first-order chi connectivity index (χ1) is 8.45. The van der Waals surface area contributed by atoms with Crippen molar-refractivity contribution in [2.75, 3.05) is 0 Å². The van der Waals surface area contributed by atoms with Crippen molar-refractivity contribution in [2.24, 2.45) is 5.11 Å². The van der Waals surface area contributed by atoms with Crippen LogP contribution in [0.25, 0.3) is 0 Å². The molecule has 98 valence electrons. The Bertz CT molecular complexity index is 589. The molecule has 0 amide bonds. The molecular formula is C8H8N3O6S-. The van der Waals surface area contributed by atoms with E-state index in [-0.39, 0.29) is 11.4 Å². The highest BCUT2D eigenvalue weighted by atomic mass is 32.2. The topological polar surface area (TPSA) is 128 Å². The van der Waals surface area contributed by atoms with Gasteiger partial charge in [0, 0.05) is 6.07 Å². The van der Waals surface area contributed by atoms with Gasteiger partial charge in [-0.25, -0.2) is 4.33 Å². The van der Waals surface area contributed by atoms with Crippen molar-refractivity contribution in [2.45, 2.75) is 13.8 Å². The lowest BCUT2D eigenvalue weighted by Crippen LogP contribution is -2.04. The molecule has 0 aliphatic rings. The van der Waals surface area contributed by atoms with Gasteiger partial charge in [0.05, 0.1) is 4.92 Å². The average molecular weight is 274 g/mol. The fourth-order valence-electron chi connectivity index (χ4n) is 1.13. The SMILES string of the molecule is Cc1cc(N=[N+]=[S-](=O)OO[O-])c([N+](=O)[O-])cc1C. The Morgan fingerprint density at radius 1 is 1.39 bits per heavy atom. The van der Waals surface area contributed by atoms with Crippen molar-refractivity contribution < 1.29 is 23.8 Å². The number of aryl methyl sites for hydroxylation is 2. The zero-order valence-electron chi connectivity index (χ0n) is 9.35. The van der Waals surface area contributed by atoms with Crippen molar-refractivity contribution in [3.05, 3.63) is 33.4 Å². The van der Waals surface area contributed by atoms with Crippen LogP contribution in [0, 0.1) is 24.0 Å². The number of nitro groups is 1. The normalized spacial score (nSPS) is 10.2. The lowest BCUT2D eigenvalue weighted by Gasteiger charge is -2.00. The van der Waals surface area contributed by atoms with E-state index in [2.05, 4.69) is 18.6 Å². The second kappa shape index (κ2) is 6.19. The van der Waals surface area contributed by atoms with Gasteiger partial charge in [0.25, 0.3) is 10.9 Å². The van der Waals surface area contributed by atoms with Crippen LogP contribution in [0.5, 0.6) is 0 Å². The first-order valence-corrected chi connectivity index (χ1v) is 5.55. The van der Waals surface area contributed by atoms with Crippen LogP contribution in [0.1, 0.15) is 11.1 Å². The summed E-state index contributed by atoms with van der Waals surface area (Å²) < 4.78 is 17.4. The Balaban J connectivity index is 3.32. The highest BCUT2D eigenvalue weighted by molar-refractivity contribution is 7.68. The summed E-state index contributed by atoms with van der Waals surface area (Å²) in [6.07, 6.45) is 0. The van der Waals surface area contributed by atoms with Gasteiger partial charge in [-0.1, -0.05) is 0 Å². The summed E-state index contributed by atoms with van der Waals surface area (Å²) in [4.78, 5) is 10.1. The maximum atomic E-state index is 10.8. The van der Waals surface area contributed by atoms with E-state index in [0.29, 0.717) is 5.56 Å². The standard InChI is InChI=1S/C8H9N3O6S/c1-5-3-7(9-10-18(15)17-16-14)8(11(12)13)4-6(5)2/h3-4,14H,1-2H3/p-1. The zero-order chi connectivity index (χ0) is 13.7. The lowest BCUT2D eigenvalue weighted by molar-refractivity contribution is -0.777. The molecule has 0 aliphatic carbocycles. The molecule has 0 aromatic heterocycles. The Hall–Kier alpha value is -1.84. The second-order valence-corrected chi connectivity index (χ2v) is 3.95. The van der Waals surface area contributed by atoms with Gasteiger partial charge in [0.15, 0.2) is 0 Å². The van der Waals surface area contributed by atoms with Crippen LogP contribution in [-0.2, 0) is 24.5 Å². The molecule has 0 unspecified atom stereocenters. The molecule has 0 fully saturated rings. The van der Waals surface area contributed by atoms with Crippen LogP contribution in [0.15, 0.2) is 17.2 Å². The van der Waals surface area contributed by atoms with E-state index in [9.17, 15) is 19.6 Å². The summed E-state index contributed by atoms with van der Waals surface area (Å²) in [5, 5.41) is 26.5. The predicted octanol–water partition coefficient (Wildman–Crippen LogP) is 0.648. The lowest BCUT2D eigenvalue weighted by atomic mass is 10.1. The summed E-state index contributed by atoms with van der Waals surface area (Å²) in [7, 11) is -2.45. The largest absolute Gasteiger partial charge is 0.693 e. The van der Waals surface area contributed by atoms with E-state index in [1.165, 1.54) is 12.1 Å². The summed E-state index contributed by atoms with van der Waals surface area (Å²) >= 11 is 0. The molecule has 0 bridgehead atoms. The molecule has 0 spiro atoms. The monoisotopic (exact) mass is 274 g/mol. The van der Waals surface area contributed by atoms with Crippen molar-refractivity contribution in [1.29, 1.82) is 0 Å². The molecular weight excluding hydrogens is 266 g/mol. The molecule has 10 heteroatoms. The highest BCUT2D eigenvalue weighted by Crippen LogP contribution is 2.29. The van der Waals surface area contributed by atoms with Crippen molar-refractivity contribution in [1.82, 2.24) is 4.16 Å². The van der Waals surface area contributed by atoms with E-state index in [0.717, 1.165) is 5.56 Å². The van der Waals surface area contributed by atoms with Gasteiger partial charge in [0.2, 0.25) is 5.69 Å². The number of nitrogens with zero attached hydrogens (tertiary/aromatic N) is 3. The fraction of sp³-hybridized carbons (Fsp3) is 0.250. The summed E-state index contributed by atoms with van der Waals surface area (Å²) in [5.74, 6) is 0. The molecule has 1 aromatic carbocycles. The summed E-state index contributed by atoms with van der Waals surface area (Å²) in [5.41, 5.74) is 1.08. The number of benzene rings is 1. The Morgan fingerprint density at radius 2 is 2.00 bits per heavy atom. The molecule has 0 atom stereocenters. The molecule has 1 aromatic rings. The minimum atomic E-state index is -2.45. The first kappa shape index (κ1) is 14.2. The number of hydrogen-bond donors (Lipinski definition) is 0. The molecule has 0 saturated heterocycles. The van der Waals surface area contributed by atoms with Crippen molar-refractivity contribution in [3.8, 4) is 0 Å². The van der Waals surface area contributed by atoms with Gasteiger partial charge in [-0.2, -0.15) is 0 Å². The Morgan fingerprint density at radius 3 is 2.56 bits per heavy atom. The van der Waals surface area contributed by atoms with Gasteiger partial charge in [-0.3, -0.25) is 10.1 Å². The van der Waals surface area contributed by atoms with Gasteiger partial charge in [0.1, 0.15) is 5.11 Å². The third-order valence-electron chi connectivity index (χ3n) is 2.09. The molecule has 0 heterocycles. The molecule has 1 rings (SSSR count). The quantitative estimate of drug-likeness (QED) is 0.198. The van der Waals surface area contributed by atoms with Gasteiger partial charge >= 0.3 is 5.69 Å². The smallest absolute Gasteiger partial charge is 0.302 e. The van der Waals surface area contributed by atoms with Crippen molar-refractivity contribution in [3.63, 3.8) is 0 Å². The van der Waals surface area contributed by atoms with E-state index in [1.807, 2.05) is 0 Å². The predicted molar refractivity (Wildman–Crippen MR) is 57.0 cm³/mol. The first-order valence-electron chi connectivity index (χ1n) is 4.52. The summed E-state index contributed by atoms with van der Waals surface area (Å²) in [6, 6.07) is 2.73. The van der Waals surface area contributed by atoms with E-state index < -0.39 is 15.8 Å². The minimum Gasteiger partial charge on any atom is -0.693 e. The van der Waals surface area contributed by atoms with Crippen LogP contribution in [0.4, 0.5) is 11.4 Å². The van der Waals surface area contributed by atoms with Crippen LogP contribution in [-0.4, -0.2) is 4.92 Å². The molecule has 0 N–H and O–H groups in total. The van der Waals surface area contributed by atoms with Gasteiger partial charge in [-0.15, -0.1) is 0 Å². The van der Waals surface area contributed by atoms with E-state index in [1.54, 1.807) is 13.8 Å². The molecule has 0 radical (unpaired) electrons. The van der Waals surface area contributed by atoms with Crippen LogP contribution >= 0.6 is 0 Å². The van der Waals surface area contributed by atoms with Crippen LogP contribution in [0.2, 0.25) is 0 Å². The number of nitro benzene ring substituents is 1. The van der Waals surface area contributed by atoms with Gasteiger partial charge in [-0.05, 0) is 35.2 Å². The van der Waals surface area contributed by atoms with Gasteiger partial charge < -0.3 is 14.5 Å². The van der Waals surface area contributed by atoms with E-state index >= 15 is 0 Å². The zero-order valence-corrected chi connectivity index (χ0v) is 10.2. The number of hydrogen-bond acceptors (Lipinski definition) is 8. The molecule has 0 aliphatic heterocycles. The third kappa shape index (κ3) is 3.58. The second-order valence-electron chi connectivity index (χ2n) is 3.22. The average Bonchev–Trinajstić information content (AvgIpc) is 2.30. The maximum absolute atomic E-state index is 10.8. The fourth-order valence-corrected chi connectivity index (χ4v) is 1.36. The highest BCUT2D eigenvalue weighted by Gasteiger charge is 2.17. The Kier molecular flexibility index (Phi) is 4.89. The molecule has 18 heavy (non-hydrogen) atoms. The number of rotatable bonds is 4. The Labute approximate surface area is 103 Å². The third-order valence-corrected chi connectivity index (χ3v) is 2.48. The van der Waals surface area contributed by atoms with Crippen molar-refractivity contribution >= 4 is 22.3 Å². The minimum absolute atomic E-state index is 0.0917. The summed E-state index contributed by atoms with van der Waals surface area (Å²) in [6.45, 7) is 3.43. The van der Waals surface area contributed by atoms with E-state index in [4.69, 9.17) is 0 Å². The van der Waals surface area contributed by atoms with Crippen LogP contribution in [0.3, 0.4) is 0 Å². The molecule has 0 saturated carbocycles. The molecule has 9 nitrogen and oxygen atoms in total.